The molecule has 0 amide bonds. The Morgan fingerprint density at radius 2 is 2.17 bits per heavy atom. The number of nitrogens with one attached hydrogen (secondary N) is 1. The molecule has 0 spiro atoms. The van der Waals surface area contributed by atoms with E-state index in [1.54, 1.807) is 6.20 Å². The molecule has 1 heterocycles. The summed E-state index contributed by atoms with van der Waals surface area (Å²) in [6.07, 6.45) is 7.67. The van der Waals surface area contributed by atoms with Crippen molar-refractivity contribution < 1.29 is 8.42 Å². The Kier molecular flexibility index (Phi) is 3.77. The fourth-order valence-electron chi connectivity index (χ4n) is 2.67. The minimum absolute atomic E-state index is 0.245. The van der Waals surface area contributed by atoms with E-state index in [-0.39, 0.29) is 6.04 Å². The van der Waals surface area contributed by atoms with E-state index in [1.807, 2.05) is 11.7 Å². The van der Waals surface area contributed by atoms with Crippen LogP contribution in [0.25, 0.3) is 0 Å². The van der Waals surface area contributed by atoms with Crippen LogP contribution in [-0.4, -0.2) is 37.5 Å². The van der Waals surface area contributed by atoms with Crippen molar-refractivity contribution in [2.24, 2.45) is 5.92 Å². The second kappa shape index (κ2) is 5.01. The molecule has 0 bridgehead atoms. The van der Waals surface area contributed by atoms with Gasteiger partial charge in [-0.15, -0.1) is 0 Å². The standard InChI is InChI=1S/C12H21N3O2S/c1-9-4-5-11(13-2)12(6-9)15-8-10(7-14-15)18(3,16)17/h7-9,11-13H,4-6H2,1-3H3. The van der Waals surface area contributed by atoms with Crippen molar-refractivity contribution in [3.63, 3.8) is 0 Å². The molecular weight excluding hydrogens is 250 g/mol. The molecule has 1 aliphatic carbocycles. The smallest absolute Gasteiger partial charge is 0.178 e. The van der Waals surface area contributed by atoms with Crippen LogP contribution in [0.2, 0.25) is 0 Å². The van der Waals surface area contributed by atoms with Crippen LogP contribution in [0.15, 0.2) is 17.3 Å². The molecule has 1 saturated carbocycles. The zero-order valence-electron chi connectivity index (χ0n) is 11.1. The molecule has 0 saturated heterocycles. The Morgan fingerprint density at radius 3 is 2.72 bits per heavy atom. The third-order valence-electron chi connectivity index (χ3n) is 3.80. The average Bonchev–Trinajstić information content (AvgIpc) is 2.77. The van der Waals surface area contributed by atoms with Gasteiger partial charge in [0.05, 0.1) is 12.2 Å². The van der Waals surface area contributed by atoms with Gasteiger partial charge in [-0.2, -0.15) is 5.10 Å². The van der Waals surface area contributed by atoms with Crippen molar-refractivity contribution in [3.8, 4) is 0 Å². The second-order valence-corrected chi connectivity index (χ2v) is 7.32. The highest BCUT2D eigenvalue weighted by Gasteiger charge is 2.29. The van der Waals surface area contributed by atoms with Crippen LogP contribution in [0.1, 0.15) is 32.2 Å². The highest BCUT2D eigenvalue weighted by Crippen LogP contribution is 2.32. The monoisotopic (exact) mass is 271 g/mol. The van der Waals surface area contributed by atoms with Crippen molar-refractivity contribution in [1.82, 2.24) is 15.1 Å². The molecule has 1 aromatic rings. The number of hydrogen-bond acceptors (Lipinski definition) is 4. The SMILES string of the molecule is CNC1CCC(C)CC1n1cc(S(C)(=O)=O)cn1. The maximum atomic E-state index is 11.5. The van der Waals surface area contributed by atoms with E-state index < -0.39 is 9.84 Å². The van der Waals surface area contributed by atoms with Crippen LogP contribution in [0.4, 0.5) is 0 Å². The van der Waals surface area contributed by atoms with E-state index in [9.17, 15) is 8.42 Å². The molecule has 3 atom stereocenters. The van der Waals surface area contributed by atoms with Crippen molar-refractivity contribution in [2.45, 2.75) is 43.2 Å². The lowest BCUT2D eigenvalue weighted by Gasteiger charge is -2.34. The van der Waals surface area contributed by atoms with E-state index in [1.165, 1.54) is 18.9 Å². The average molecular weight is 271 g/mol. The molecule has 0 radical (unpaired) electrons. The topological polar surface area (TPSA) is 64.0 Å². The molecular formula is C12H21N3O2S. The van der Waals surface area contributed by atoms with Gasteiger partial charge in [0.15, 0.2) is 9.84 Å². The highest BCUT2D eigenvalue weighted by molar-refractivity contribution is 7.90. The van der Waals surface area contributed by atoms with Crippen molar-refractivity contribution in [3.05, 3.63) is 12.4 Å². The lowest BCUT2D eigenvalue weighted by atomic mass is 9.83. The van der Waals surface area contributed by atoms with Crippen LogP contribution in [-0.2, 0) is 9.84 Å². The summed E-state index contributed by atoms with van der Waals surface area (Å²) in [7, 11) is -1.21. The largest absolute Gasteiger partial charge is 0.315 e. The van der Waals surface area contributed by atoms with Gasteiger partial charge < -0.3 is 5.32 Å². The first kappa shape index (κ1) is 13.5. The van der Waals surface area contributed by atoms with Crippen LogP contribution >= 0.6 is 0 Å². The molecule has 1 fully saturated rings. The van der Waals surface area contributed by atoms with Gasteiger partial charge in [0.1, 0.15) is 4.90 Å². The predicted octanol–water partition coefficient (Wildman–Crippen LogP) is 1.24. The number of nitrogens with zero attached hydrogens (tertiary/aromatic N) is 2. The van der Waals surface area contributed by atoms with Crippen LogP contribution < -0.4 is 5.32 Å². The lowest BCUT2D eigenvalue weighted by molar-refractivity contribution is 0.210. The maximum absolute atomic E-state index is 11.5. The van der Waals surface area contributed by atoms with Gasteiger partial charge in [-0.25, -0.2) is 8.42 Å². The fraction of sp³-hybridized carbons (Fsp3) is 0.750. The second-order valence-electron chi connectivity index (χ2n) is 5.31. The van der Waals surface area contributed by atoms with Gasteiger partial charge >= 0.3 is 0 Å². The normalized spacial score (nSPS) is 29.4. The first-order valence-corrected chi connectivity index (χ1v) is 8.22. The minimum atomic E-state index is -3.16. The molecule has 0 aliphatic heterocycles. The molecule has 2 rings (SSSR count). The molecule has 3 unspecified atom stereocenters. The number of sulfone groups is 1. The van der Waals surface area contributed by atoms with E-state index in [4.69, 9.17) is 0 Å². The fourth-order valence-corrected chi connectivity index (χ4v) is 3.21. The van der Waals surface area contributed by atoms with E-state index in [0.717, 1.165) is 12.8 Å². The van der Waals surface area contributed by atoms with Gasteiger partial charge in [-0.3, -0.25) is 4.68 Å². The Hall–Kier alpha value is -0.880. The summed E-state index contributed by atoms with van der Waals surface area (Å²) in [6, 6.07) is 0.614. The third kappa shape index (κ3) is 2.75. The van der Waals surface area contributed by atoms with E-state index >= 15 is 0 Å². The Bertz CT molecular complexity index is 509. The summed E-state index contributed by atoms with van der Waals surface area (Å²) in [5.41, 5.74) is 0. The summed E-state index contributed by atoms with van der Waals surface area (Å²) in [5, 5.41) is 7.55. The van der Waals surface area contributed by atoms with Gasteiger partial charge in [0.2, 0.25) is 0 Å². The first-order chi connectivity index (χ1) is 8.41. The number of aromatic nitrogens is 2. The molecule has 1 aromatic heterocycles. The zero-order valence-corrected chi connectivity index (χ0v) is 11.9. The molecule has 1 aliphatic rings. The number of hydrogen-bond donors (Lipinski definition) is 1. The van der Waals surface area contributed by atoms with Gasteiger partial charge in [-0.05, 0) is 32.2 Å². The van der Waals surface area contributed by atoms with Crippen LogP contribution in [0, 0.1) is 5.92 Å². The summed E-state index contributed by atoms with van der Waals surface area (Å²) in [5.74, 6) is 0.658. The van der Waals surface area contributed by atoms with Crippen molar-refractivity contribution in [1.29, 1.82) is 0 Å². The summed E-state index contributed by atoms with van der Waals surface area (Å²) in [4.78, 5) is 0.301. The summed E-state index contributed by atoms with van der Waals surface area (Å²) < 4.78 is 24.8. The quantitative estimate of drug-likeness (QED) is 0.898. The molecule has 102 valence electrons. The maximum Gasteiger partial charge on any atom is 0.178 e. The molecule has 0 aromatic carbocycles. The number of likely N-dealkylation sites (N-methyl/N-ethyl adjacent to an activating group) is 1. The Labute approximate surface area is 108 Å². The Balaban J connectivity index is 2.26. The first-order valence-electron chi connectivity index (χ1n) is 6.33. The Morgan fingerprint density at radius 1 is 1.44 bits per heavy atom. The molecule has 1 N–H and O–H groups in total. The zero-order chi connectivity index (χ0) is 13.3. The minimum Gasteiger partial charge on any atom is -0.315 e. The van der Waals surface area contributed by atoms with Crippen LogP contribution in [0.3, 0.4) is 0 Å². The summed E-state index contributed by atoms with van der Waals surface area (Å²) in [6.45, 7) is 2.24. The van der Waals surface area contributed by atoms with Gasteiger partial charge in [-0.1, -0.05) is 6.92 Å². The van der Waals surface area contributed by atoms with Crippen molar-refractivity contribution >= 4 is 9.84 Å². The van der Waals surface area contributed by atoms with Gasteiger partial charge in [0, 0.05) is 18.5 Å². The van der Waals surface area contributed by atoms with Gasteiger partial charge in [0.25, 0.3) is 0 Å². The van der Waals surface area contributed by atoms with Crippen molar-refractivity contribution in [2.75, 3.05) is 13.3 Å². The molecule has 6 heteroatoms. The van der Waals surface area contributed by atoms with E-state index in [2.05, 4.69) is 17.3 Å². The van der Waals surface area contributed by atoms with Crippen LogP contribution in [0.5, 0.6) is 0 Å². The summed E-state index contributed by atoms with van der Waals surface area (Å²) >= 11 is 0. The van der Waals surface area contributed by atoms with E-state index in [0.29, 0.717) is 16.9 Å². The predicted molar refractivity (Wildman–Crippen MR) is 70.2 cm³/mol. The lowest BCUT2D eigenvalue weighted by Crippen LogP contribution is -2.39. The number of rotatable bonds is 3. The highest BCUT2D eigenvalue weighted by atomic mass is 32.2. The molecule has 18 heavy (non-hydrogen) atoms. The molecule has 5 nitrogen and oxygen atoms in total. The third-order valence-corrected chi connectivity index (χ3v) is 4.86.